The second kappa shape index (κ2) is 3.11. The minimum Gasteiger partial charge on any atom is -0.475 e. The summed E-state index contributed by atoms with van der Waals surface area (Å²) in [6.45, 7) is 0. The van der Waals surface area contributed by atoms with Gasteiger partial charge in [-0.1, -0.05) is 23.2 Å². The van der Waals surface area contributed by atoms with Crippen LogP contribution < -0.4 is 0 Å². The number of hydrogen-bond donors (Lipinski definition) is 1. The Hall–Kier alpha value is -1.33. The van der Waals surface area contributed by atoms with Gasteiger partial charge in [-0.2, -0.15) is 0 Å². The summed E-state index contributed by atoms with van der Waals surface area (Å²) in [6, 6.07) is 1.25. The van der Waals surface area contributed by atoms with Crippen molar-refractivity contribution in [3.8, 4) is 0 Å². The number of carboxylic acids is 1. The smallest absolute Gasteiger partial charge is 0.371 e. The van der Waals surface area contributed by atoms with Gasteiger partial charge in [0.1, 0.15) is 0 Å². The molecule has 0 bridgehead atoms. The summed E-state index contributed by atoms with van der Waals surface area (Å²) in [4.78, 5) is 10.6. The van der Waals surface area contributed by atoms with Crippen molar-refractivity contribution in [2.24, 2.45) is 0 Å². The molecule has 2 aromatic rings. The Balaban J connectivity index is 2.82. The fourth-order valence-corrected chi connectivity index (χ4v) is 1.35. The van der Waals surface area contributed by atoms with Crippen LogP contribution in [0, 0.1) is 0 Å². The Morgan fingerprint density at radius 1 is 1.36 bits per heavy atom. The first kappa shape index (κ1) is 9.23. The lowest BCUT2D eigenvalue weighted by molar-refractivity contribution is 0.0665. The summed E-state index contributed by atoms with van der Waals surface area (Å²) in [7, 11) is 0. The molecule has 0 saturated heterocycles. The molecule has 0 aromatic carbocycles. The van der Waals surface area contributed by atoms with Gasteiger partial charge in [-0.05, 0) is 0 Å². The molecule has 0 aliphatic rings. The van der Waals surface area contributed by atoms with E-state index < -0.39 is 5.97 Å². The molecule has 0 radical (unpaired) electrons. The van der Waals surface area contributed by atoms with Gasteiger partial charge in [-0.15, -0.1) is 10.2 Å². The van der Waals surface area contributed by atoms with Gasteiger partial charge in [-0.3, -0.25) is 0 Å². The van der Waals surface area contributed by atoms with Crippen LogP contribution in [0.1, 0.15) is 10.6 Å². The van der Waals surface area contributed by atoms with Crippen LogP contribution in [-0.4, -0.2) is 21.3 Å². The number of halogens is 2. The average molecular weight is 233 g/mol. The molecular weight excluding hydrogens is 231 g/mol. The van der Waals surface area contributed by atoms with E-state index in [4.69, 9.17) is 32.7 Å². The van der Waals surface area contributed by atoms with Crippen molar-refractivity contribution in [1.82, 2.24) is 10.2 Å². The summed E-state index contributed by atoms with van der Waals surface area (Å²) in [5.74, 6) is -1.45. The zero-order valence-corrected chi connectivity index (χ0v) is 8.00. The molecule has 0 unspecified atom stereocenters. The third kappa shape index (κ3) is 1.30. The first-order valence-electron chi connectivity index (χ1n) is 3.44. The first-order valence-corrected chi connectivity index (χ1v) is 4.19. The SMILES string of the molecule is O=C(O)c1cc2c(Cl)nnc(Cl)c2o1. The van der Waals surface area contributed by atoms with Crippen LogP contribution >= 0.6 is 23.2 Å². The second-order valence-electron chi connectivity index (χ2n) is 2.44. The van der Waals surface area contributed by atoms with Gasteiger partial charge in [0.15, 0.2) is 15.9 Å². The van der Waals surface area contributed by atoms with Crippen molar-refractivity contribution in [2.75, 3.05) is 0 Å². The van der Waals surface area contributed by atoms with E-state index in [0.29, 0.717) is 5.39 Å². The lowest BCUT2D eigenvalue weighted by Gasteiger charge is -1.90. The highest BCUT2D eigenvalue weighted by Crippen LogP contribution is 2.28. The normalized spacial score (nSPS) is 10.7. The third-order valence-electron chi connectivity index (χ3n) is 1.58. The molecule has 0 aliphatic heterocycles. The van der Waals surface area contributed by atoms with E-state index in [9.17, 15) is 4.79 Å². The van der Waals surface area contributed by atoms with E-state index >= 15 is 0 Å². The van der Waals surface area contributed by atoms with Crippen molar-refractivity contribution >= 4 is 40.1 Å². The fourth-order valence-electron chi connectivity index (χ4n) is 0.990. The molecule has 7 heteroatoms. The van der Waals surface area contributed by atoms with E-state index in [0.717, 1.165) is 0 Å². The predicted molar refractivity (Wildman–Crippen MR) is 48.8 cm³/mol. The summed E-state index contributed by atoms with van der Waals surface area (Å²) in [6.07, 6.45) is 0. The molecule has 0 amide bonds. The van der Waals surface area contributed by atoms with Gasteiger partial charge >= 0.3 is 5.97 Å². The molecule has 0 saturated carbocycles. The van der Waals surface area contributed by atoms with Crippen molar-refractivity contribution in [1.29, 1.82) is 0 Å². The fraction of sp³-hybridized carbons (Fsp3) is 0. The van der Waals surface area contributed by atoms with Crippen LogP contribution in [0.15, 0.2) is 10.5 Å². The second-order valence-corrected chi connectivity index (χ2v) is 3.16. The van der Waals surface area contributed by atoms with Crippen LogP contribution in [0.25, 0.3) is 11.0 Å². The number of aromatic nitrogens is 2. The number of nitrogens with zero attached hydrogens (tertiary/aromatic N) is 2. The third-order valence-corrected chi connectivity index (χ3v) is 2.10. The van der Waals surface area contributed by atoms with Gasteiger partial charge in [0.25, 0.3) is 0 Å². The Morgan fingerprint density at radius 2 is 2.00 bits per heavy atom. The first-order chi connectivity index (χ1) is 6.59. The largest absolute Gasteiger partial charge is 0.475 e. The highest BCUT2D eigenvalue weighted by Gasteiger charge is 2.16. The minimum absolute atomic E-state index is 0.0168. The maximum atomic E-state index is 10.6. The molecule has 0 fully saturated rings. The molecule has 2 rings (SSSR count). The van der Waals surface area contributed by atoms with E-state index in [1.807, 2.05) is 0 Å². The molecule has 5 nitrogen and oxygen atoms in total. The zero-order chi connectivity index (χ0) is 10.3. The van der Waals surface area contributed by atoms with E-state index in [-0.39, 0.29) is 21.6 Å². The molecule has 72 valence electrons. The van der Waals surface area contributed by atoms with Crippen LogP contribution in [-0.2, 0) is 0 Å². The van der Waals surface area contributed by atoms with Gasteiger partial charge in [-0.25, -0.2) is 4.79 Å². The Morgan fingerprint density at radius 3 is 2.57 bits per heavy atom. The Labute approximate surface area is 87.2 Å². The molecule has 1 N–H and O–H groups in total. The van der Waals surface area contributed by atoms with Crippen LogP contribution in [0.4, 0.5) is 0 Å². The van der Waals surface area contributed by atoms with Crippen molar-refractivity contribution in [2.45, 2.75) is 0 Å². The van der Waals surface area contributed by atoms with E-state index in [1.54, 1.807) is 0 Å². The quantitative estimate of drug-likeness (QED) is 0.816. The lowest BCUT2D eigenvalue weighted by atomic mass is 10.3. The number of rotatable bonds is 1. The summed E-state index contributed by atoms with van der Waals surface area (Å²) < 4.78 is 4.92. The van der Waals surface area contributed by atoms with Crippen LogP contribution in [0.3, 0.4) is 0 Å². The average Bonchev–Trinajstić information content (AvgIpc) is 2.57. The molecular formula is C7H2Cl2N2O3. The molecule has 0 spiro atoms. The number of hydrogen-bond acceptors (Lipinski definition) is 4. The highest BCUT2D eigenvalue weighted by atomic mass is 35.5. The predicted octanol–water partition coefficient (Wildman–Crippen LogP) is 2.23. The minimum atomic E-state index is -1.20. The summed E-state index contributed by atoms with van der Waals surface area (Å²) >= 11 is 11.3. The van der Waals surface area contributed by atoms with E-state index in [2.05, 4.69) is 10.2 Å². The van der Waals surface area contributed by atoms with Crippen molar-refractivity contribution in [3.63, 3.8) is 0 Å². The topological polar surface area (TPSA) is 76.2 Å². The molecule has 2 aromatic heterocycles. The Bertz CT molecular complexity index is 484. The van der Waals surface area contributed by atoms with Crippen LogP contribution in [0.2, 0.25) is 10.3 Å². The maximum Gasteiger partial charge on any atom is 0.371 e. The standard InChI is InChI=1S/C7H2Cl2N2O3/c8-5-2-1-3(7(12)13)14-4(2)6(9)11-10-5/h1H,(H,12,13). The van der Waals surface area contributed by atoms with E-state index in [1.165, 1.54) is 6.07 Å². The molecule has 14 heavy (non-hydrogen) atoms. The van der Waals surface area contributed by atoms with Gasteiger partial charge in [0, 0.05) is 6.07 Å². The van der Waals surface area contributed by atoms with Crippen molar-refractivity contribution in [3.05, 3.63) is 22.1 Å². The number of aromatic carboxylic acids is 1. The summed E-state index contributed by atoms with van der Waals surface area (Å²) in [5, 5.41) is 16.0. The summed E-state index contributed by atoms with van der Waals surface area (Å²) in [5.41, 5.74) is 0.129. The maximum absolute atomic E-state index is 10.6. The van der Waals surface area contributed by atoms with Gasteiger partial charge in [0.2, 0.25) is 5.76 Å². The van der Waals surface area contributed by atoms with Crippen LogP contribution in [0.5, 0.6) is 0 Å². The molecule has 2 heterocycles. The van der Waals surface area contributed by atoms with Gasteiger partial charge < -0.3 is 9.52 Å². The number of carbonyl (C=O) groups is 1. The number of carboxylic acid groups (broad SMARTS) is 1. The molecule has 0 atom stereocenters. The highest BCUT2D eigenvalue weighted by molar-refractivity contribution is 6.37. The monoisotopic (exact) mass is 232 g/mol. The van der Waals surface area contributed by atoms with Gasteiger partial charge in [0.05, 0.1) is 5.39 Å². The lowest BCUT2D eigenvalue weighted by Crippen LogP contribution is -1.91. The number of furan rings is 1. The molecule has 0 aliphatic carbocycles. The Kier molecular flexibility index (Phi) is 2.05. The number of fused-ring (bicyclic) bond motifs is 1. The zero-order valence-electron chi connectivity index (χ0n) is 6.49. The van der Waals surface area contributed by atoms with Crippen molar-refractivity contribution < 1.29 is 14.3 Å².